The van der Waals surface area contributed by atoms with Gasteiger partial charge in [0.15, 0.2) is 0 Å². The Morgan fingerprint density at radius 3 is 2.55 bits per heavy atom. The summed E-state index contributed by atoms with van der Waals surface area (Å²) in [6.45, 7) is 3.56. The van der Waals surface area contributed by atoms with Crippen LogP contribution in [0.2, 0.25) is 0 Å². The zero-order valence-corrected chi connectivity index (χ0v) is 12.4. The lowest BCUT2D eigenvalue weighted by Gasteiger charge is -2.30. The maximum atomic E-state index is 2.63. The van der Waals surface area contributed by atoms with Crippen molar-refractivity contribution >= 4 is 11.8 Å². The van der Waals surface area contributed by atoms with Crippen LogP contribution in [-0.4, -0.2) is 23.2 Å². The lowest BCUT2D eigenvalue weighted by Crippen LogP contribution is -2.35. The Balaban J connectivity index is 1.43. The van der Waals surface area contributed by atoms with E-state index in [1.54, 1.807) is 11.1 Å². The zero-order valence-electron chi connectivity index (χ0n) is 11.6. The molecule has 4 rings (SSSR count). The van der Waals surface area contributed by atoms with E-state index in [2.05, 4.69) is 65.2 Å². The molecule has 0 amide bonds. The standard InChI is InChI=1S/C18H19NS/c1-2-7-16-12-19(10-9-14(16)5-1)13-17-11-15-6-3-4-8-18(15)20-17/h1-8,17H,9-13H2. The van der Waals surface area contributed by atoms with Crippen LogP contribution in [0.25, 0.3) is 0 Å². The summed E-state index contributed by atoms with van der Waals surface area (Å²) in [5, 5.41) is 0.734. The Kier molecular flexibility index (Phi) is 3.29. The molecule has 0 bridgehead atoms. The highest BCUT2D eigenvalue weighted by molar-refractivity contribution is 8.00. The molecule has 0 aliphatic carbocycles. The van der Waals surface area contributed by atoms with Gasteiger partial charge in [-0.3, -0.25) is 4.90 Å². The minimum Gasteiger partial charge on any atom is -0.298 e. The molecular weight excluding hydrogens is 262 g/mol. The fraction of sp³-hybridized carbons (Fsp3) is 0.333. The summed E-state index contributed by atoms with van der Waals surface area (Å²) in [6.07, 6.45) is 2.44. The number of hydrogen-bond donors (Lipinski definition) is 0. The second-order valence-corrected chi connectivity index (χ2v) is 7.15. The molecule has 2 aromatic carbocycles. The molecular formula is C18H19NS. The van der Waals surface area contributed by atoms with Crippen molar-refractivity contribution in [3.63, 3.8) is 0 Å². The van der Waals surface area contributed by atoms with Crippen molar-refractivity contribution in [3.8, 4) is 0 Å². The molecule has 1 unspecified atom stereocenters. The first-order chi connectivity index (χ1) is 9.88. The third kappa shape index (κ3) is 2.38. The summed E-state index contributed by atoms with van der Waals surface area (Å²) in [4.78, 5) is 4.13. The van der Waals surface area contributed by atoms with E-state index in [4.69, 9.17) is 0 Å². The van der Waals surface area contributed by atoms with Crippen LogP contribution in [0, 0.1) is 0 Å². The van der Waals surface area contributed by atoms with Crippen LogP contribution in [0.4, 0.5) is 0 Å². The van der Waals surface area contributed by atoms with Crippen molar-refractivity contribution in [2.45, 2.75) is 29.5 Å². The van der Waals surface area contributed by atoms with Gasteiger partial charge < -0.3 is 0 Å². The van der Waals surface area contributed by atoms with E-state index in [0.29, 0.717) is 0 Å². The Morgan fingerprint density at radius 1 is 0.950 bits per heavy atom. The van der Waals surface area contributed by atoms with Crippen LogP contribution in [-0.2, 0) is 19.4 Å². The van der Waals surface area contributed by atoms with Crippen molar-refractivity contribution in [2.24, 2.45) is 0 Å². The van der Waals surface area contributed by atoms with Crippen LogP contribution < -0.4 is 0 Å². The lowest BCUT2D eigenvalue weighted by molar-refractivity contribution is 0.255. The quantitative estimate of drug-likeness (QED) is 0.824. The predicted molar refractivity (Wildman–Crippen MR) is 85.2 cm³/mol. The van der Waals surface area contributed by atoms with Crippen LogP contribution in [0.1, 0.15) is 16.7 Å². The zero-order chi connectivity index (χ0) is 13.4. The maximum Gasteiger partial charge on any atom is 0.0263 e. The molecule has 0 saturated heterocycles. The van der Waals surface area contributed by atoms with Gasteiger partial charge in [-0.1, -0.05) is 42.5 Å². The maximum absolute atomic E-state index is 2.63. The van der Waals surface area contributed by atoms with Gasteiger partial charge in [-0.25, -0.2) is 0 Å². The highest BCUT2D eigenvalue weighted by Crippen LogP contribution is 2.37. The van der Waals surface area contributed by atoms with E-state index in [0.717, 1.165) is 11.8 Å². The molecule has 0 fully saturated rings. The lowest BCUT2D eigenvalue weighted by atomic mass is 9.99. The predicted octanol–water partition coefficient (Wildman–Crippen LogP) is 3.76. The van der Waals surface area contributed by atoms with E-state index < -0.39 is 0 Å². The van der Waals surface area contributed by atoms with Gasteiger partial charge >= 0.3 is 0 Å². The molecule has 1 nitrogen and oxygen atoms in total. The average molecular weight is 281 g/mol. The molecule has 0 N–H and O–H groups in total. The first kappa shape index (κ1) is 12.5. The van der Waals surface area contributed by atoms with Crippen molar-refractivity contribution in [1.82, 2.24) is 4.90 Å². The average Bonchev–Trinajstić information content (AvgIpc) is 2.89. The summed E-state index contributed by atoms with van der Waals surface area (Å²) in [7, 11) is 0. The molecule has 2 aromatic rings. The van der Waals surface area contributed by atoms with Gasteiger partial charge in [-0.05, 0) is 35.6 Å². The summed E-state index contributed by atoms with van der Waals surface area (Å²) >= 11 is 2.07. The summed E-state index contributed by atoms with van der Waals surface area (Å²) < 4.78 is 0. The number of thioether (sulfide) groups is 1. The highest BCUT2D eigenvalue weighted by Gasteiger charge is 2.25. The van der Waals surface area contributed by atoms with Gasteiger partial charge in [0, 0.05) is 29.8 Å². The Labute approximate surface area is 125 Å². The van der Waals surface area contributed by atoms with Crippen LogP contribution in [0.15, 0.2) is 53.4 Å². The number of benzene rings is 2. The van der Waals surface area contributed by atoms with E-state index in [1.165, 1.54) is 36.4 Å². The molecule has 2 aliphatic heterocycles. The van der Waals surface area contributed by atoms with Gasteiger partial charge in [0.05, 0.1) is 0 Å². The second kappa shape index (κ2) is 5.27. The monoisotopic (exact) mass is 281 g/mol. The summed E-state index contributed by atoms with van der Waals surface area (Å²) in [5.41, 5.74) is 4.62. The van der Waals surface area contributed by atoms with E-state index in [9.17, 15) is 0 Å². The van der Waals surface area contributed by atoms with Gasteiger partial charge in [-0.2, -0.15) is 0 Å². The third-order valence-electron chi connectivity index (χ3n) is 4.39. The Morgan fingerprint density at radius 2 is 1.70 bits per heavy atom. The summed E-state index contributed by atoms with van der Waals surface area (Å²) in [5.74, 6) is 0. The SMILES string of the molecule is c1ccc2c(c1)CCN(CC1Cc3ccccc3S1)C2. The molecule has 0 saturated carbocycles. The van der Waals surface area contributed by atoms with Gasteiger partial charge in [0.1, 0.15) is 0 Å². The normalized spacial score (nSPS) is 21.5. The molecule has 2 aliphatic rings. The van der Waals surface area contributed by atoms with E-state index in [-0.39, 0.29) is 0 Å². The smallest absolute Gasteiger partial charge is 0.0263 e. The fourth-order valence-corrected chi connectivity index (χ4v) is 4.72. The highest BCUT2D eigenvalue weighted by atomic mass is 32.2. The van der Waals surface area contributed by atoms with Crippen molar-refractivity contribution in [3.05, 3.63) is 65.2 Å². The second-order valence-electron chi connectivity index (χ2n) is 5.81. The summed E-state index contributed by atoms with van der Waals surface area (Å²) in [6, 6.07) is 17.8. The van der Waals surface area contributed by atoms with Crippen LogP contribution in [0.3, 0.4) is 0 Å². The first-order valence-corrected chi connectivity index (χ1v) is 8.30. The number of fused-ring (bicyclic) bond motifs is 2. The minimum atomic E-state index is 0.734. The first-order valence-electron chi connectivity index (χ1n) is 7.42. The topological polar surface area (TPSA) is 3.24 Å². The Hall–Kier alpha value is -1.25. The molecule has 1 atom stereocenters. The van der Waals surface area contributed by atoms with E-state index in [1.807, 2.05) is 0 Å². The van der Waals surface area contributed by atoms with Crippen molar-refractivity contribution < 1.29 is 0 Å². The fourth-order valence-electron chi connectivity index (χ4n) is 3.35. The third-order valence-corrected chi connectivity index (χ3v) is 5.69. The molecule has 102 valence electrons. The van der Waals surface area contributed by atoms with Gasteiger partial charge in [0.2, 0.25) is 0 Å². The minimum absolute atomic E-state index is 0.734. The van der Waals surface area contributed by atoms with Gasteiger partial charge in [-0.15, -0.1) is 11.8 Å². The van der Waals surface area contributed by atoms with Gasteiger partial charge in [0.25, 0.3) is 0 Å². The number of hydrogen-bond acceptors (Lipinski definition) is 2. The van der Waals surface area contributed by atoms with Crippen molar-refractivity contribution in [2.75, 3.05) is 13.1 Å². The molecule has 0 spiro atoms. The largest absolute Gasteiger partial charge is 0.298 e. The molecule has 2 heteroatoms. The van der Waals surface area contributed by atoms with Crippen LogP contribution >= 0.6 is 11.8 Å². The molecule has 2 heterocycles. The van der Waals surface area contributed by atoms with E-state index >= 15 is 0 Å². The molecule has 0 radical (unpaired) electrons. The van der Waals surface area contributed by atoms with Crippen LogP contribution in [0.5, 0.6) is 0 Å². The molecule has 0 aromatic heterocycles. The number of rotatable bonds is 2. The number of nitrogens with zero attached hydrogens (tertiary/aromatic N) is 1. The Bertz CT molecular complexity index is 597. The van der Waals surface area contributed by atoms with Crippen molar-refractivity contribution in [1.29, 1.82) is 0 Å². The molecule has 20 heavy (non-hydrogen) atoms.